The van der Waals surface area contributed by atoms with Gasteiger partial charge in [0.05, 0.1) is 6.54 Å². The quantitative estimate of drug-likeness (QED) is 0.247. The van der Waals surface area contributed by atoms with Crippen LogP contribution in [-0.2, 0) is 13.1 Å². The number of aliphatic imine (C=N–C) groups is 1. The monoisotopic (exact) mass is 446 g/mol. The highest BCUT2D eigenvalue weighted by Gasteiger charge is 2.06. The summed E-state index contributed by atoms with van der Waals surface area (Å²) < 4.78 is 0. The summed E-state index contributed by atoms with van der Waals surface area (Å²) in [6.45, 7) is 14.5. The molecule has 2 N–H and O–H groups in total. The molecule has 0 heterocycles. The van der Waals surface area contributed by atoms with Crippen molar-refractivity contribution in [3.8, 4) is 0 Å². The summed E-state index contributed by atoms with van der Waals surface area (Å²) in [6, 6.07) is 8.64. The molecular weight excluding hydrogens is 411 g/mol. The van der Waals surface area contributed by atoms with Crippen molar-refractivity contribution in [1.29, 1.82) is 0 Å². The Morgan fingerprint density at radius 1 is 1.00 bits per heavy atom. The first-order valence-electron chi connectivity index (χ1n) is 9.06. The van der Waals surface area contributed by atoms with Gasteiger partial charge in [0, 0.05) is 19.6 Å². The largest absolute Gasteiger partial charge is 0.357 e. The van der Waals surface area contributed by atoms with Gasteiger partial charge < -0.3 is 10.6 Å². The third kappa shape index (κ3) is 8.87. The van der Waals surface area contributed by atoms with Gasteiger partial charge in [-0.25, -0.2) is 4.99 Å². The number of rotatable bonds is 10. The fourth-order valence-corrected chi connectivity index (χ4v) is 2.44. The van der Waals surface area contributed by atoms with Crippen molar-refractivity contribution >= 4 is 29.9 Å². The summed E-state index contributed by atoms with van der Waals surface area (Å²) in [6.07, 6.45) is 2.36. The zero-order valence-corrected chi connectivity index (χ0v) is 18.1. The zero-order chi connectivity index (χ0) is 16.9. The third-order valence-corrected chi connectivity index (χ3v) is 3.98. The Morgan fingerprint density at radius 3 is 2.25 bits per heavy atom. The number of hydrogen-bond acceptors (Lipinski definition) is 2. The van der Waals surface area contributed by atoms with Gasteiger partial charge in [-0.2, -0.15) is 0 Å². The highest BCUT2D eigenvalue weighted by molar-refractivity contribution is 14.0. The minimum atomic E-state index is 0. The first-order valence-corrected chi connectivity index (χ1v) is 9.06. The van der Waals surface area contributed by atoms with E-state index >= 15 is 0 Å². The van der Waals surface area contributed by atoms with Crippen LogP contribution >= 0.6 is 24.0 Å². The lowest BCUT2D eigenvalue weighted by Gasteiger charge is -2.20. The molecule has 0 amide bonds. The molecule has 0 bridgehead atoms. The fourth-order valence-electron chi connectivity index (χ4n) is 2.44. The molecule has 0 unspecified atom stereocenters. The van der Waals surface area contributed by atoms with Gasteiger partial charge in [-0.1, -0.05) is 51.5 Å². The number of halogens is 1. The maximum absolute atomic E-state index is 4.75. The van der Waals surface area contributed by atoms with E-state index in [0.717, 1.165) is 45.2 Å². The van der Waals surface area contributed by atoms with Crippen molar-refractivity contribution in [1.82, 2.24) is 15.5 Å². The van der Waals surface area contributed by atoms with Gasteiger partial charge >= 0.3 is 0 Å². The lowest BCUT2D eigenvalue weighted by atomic mass is 10.1. The van der Waals surface area contributed by atoms with Crippen LogP contribution in [0, 0.1) is 0 Å². The summed E-state index contributed by atoms with van der Waals surface area (Å²) in [5.41, 5.74) is 2.69. The van der Waals surface area contributed by atoms with Crippen LogP contribution in [0.5, 0.6) is 0 Å². The van der Waals surface area contributed by atoms with E-state index in [1.165, 1.54) is 24.0 Å². The van der Waals surface area contributed by atoms with Gasteiger partial charge in [0.2, 0.25) is 0 Å². The summed E-state index contributed by atoms with van der Waals surface area (Å²) in [5.74, 6) is 0.915. The molecule has 0 radical (unpaired) electrons. The molecule has 5 heteroatoms. The Morgan fingerprint density at radius 2 is 1.67 bits per heavy atom. The van der Waals surface area contributed by atoms with Gasteiger partial charge in [-0.15, -0.1) is 24.0 Å². The van der Waals surface area contributed by atoms with E-state index in [9.17, 15) is 0 Å². The normalized spacial score (nSPS) is 11.3. The summed E-state index contributed by atoms with van der Waals surface area (Å²) >= 11 is 0. The zero-order valence-electron chi connectivity index (χ0n) is 15.8. The second-order valence-corrected chi connectivity index (χ2v) is 5.71. The van der Waals surface area contributed by atoms with Crippen LogP contribution in [0.4, 0.5) is 0 Å². The van der Waals surface area contributed by atoms with Crippen molar-refractivity contribution in [3.05, 3.63) is 35.4 Å². The molecule has 138 valence electrons. The molecule has 0 spiro atoms. The highest BCUT2D eigenvalue weighted by Crippen LogP contribution is 2.13. The topological polar surface area (TPSA) is 39.7 Å². The summed E-state index contributed by atoms with van der Waals surface area (Å²) in [7, 11) is 0. The molecule has 1 aromatic carbocycles. The van der Waals surface area contributed by atoms with Gasteiger partial charge in [0.1, 0.15) is 0 Å². The van der Waals surface area contributed by atoms with Crippen LogP contribution in [0.25, 0.3) is 0 Å². The van der Waals surface area contributed by atoms with Gasteiger partial charge in [0.25, 0.3) is 0 Å². The molecule has 1 aromatic rings. The molecule has 0 aromatic heterocycles. The first kappa shape index (κ1) is 23.2. The Labute approximate surface area is 165 Å². The van der Waals surface area contributed by atoms with E-state index in [0.29, 0.717) is 0 Å². The van der Waals surface area contributed by atoms with Crippen molar-refractivity contribution < 1.29 is 0 Å². The predicted octanol–water partition coefficient (Wildman–Crippen LogP) is 4.00. The molecule has 0 saturated carbocycles. The lowest BCUT2D eigenvalue weighted by Crippen LogP contribution is -2.37. The Bertz CT molecular complexity index is 458. The Balaban J connectivity index is 0.00000529. The molecule has 0 aliphatic carbocycles. The van der Waals surface area contributed by atoms with Crippen LogP contribution in [0.3, 0.4) is 0 Å². The molecule has 4 nitrogen and oxygen atoms in total. The number of benzene rings is 1. The van der Waals surface area contributed by atoms with E-state index in [-0.39, 0.29) is 24.0 Å². The molecule has 0 fully saturated rings. The summed E-state index contributed by atoms with van der Waals surface area (Å²) in [4.78, 5) is 7.19. The highest BCUT2D eigenvalue weighted by atomic mass is 127. The lowest BCUT2D eigenvalue weighted by molar-refractivity contribution is 0.295. The molecule has 0 aliphatic rings. The average molecular weight is 446 g/mol. The fraction of sp³-hybridized carbons (Fsp3) is 0.632. The minimum absolute atomic E-state index is 0. The number of unbranched alkanes of at least 4 members (excludes halogenated alkanes) is 1. The number of guanidine groups is 1. The van der Waals surface area contributed by atoms with E-state index in [1.54, 1.807) is 0 Å². The van der Waals surface area contributed by atoms with Crippen LogP contribution < -0.4 is 10.6 Å². The third-order valence-electron chi connectivity index (χ3n) is 3.98. The summed E-state index contributed by atoms with van der Waals surface area (Å²) in [5, 5.41) is 6.73. The van der Waals surface area contributed by atoms with E-state index in [1.807, 2.05) is 0 Å². The maximum Gasteiger partial charge on any atom is 0.191 e. The maximum atomic E-state index is 4.75. The predicted molar refractivity (Wildman–Crippen MR) is 116 cm³/mol. The van der Waals surface area contributed by atoms with Crippen LogP contribution in [-0.4, -0.2) is 37.0 Å². The second-order valence-electron chi connectivity index (χ2n) is 5.71. The molecule has 0 saturated heterocycles. The van der Waals surface area contributed by atoms with Crippen molar-refractivity contribution in [2.24, 2.45) is 4.99 Å². The van der Waals surface area contributed by atoms with Crippen molar-refractivity contribution in [2.75, 3.05) is 26.2 Å². The smallest absolute Gasteiger partial charge is 0.191 e. The first-order chi connectivity index (χ1) is 11.2. The molecule has 24 heavy (non-hydrogen) atoms. The van der Waals surface area contributed by atoms with Gasteiger partial charge in [-0.05, 0) is 37.6 Å². The van der Waals surface area contributed by atoms with Crippen LogP contribution in [0.1, 0.15) is 51.7 Å². The number of nitrogens with one attached hydrogen (secondary N) is 2. The molecule has 0 atom stereocenters. The number of nitrogens with zero attached hydrogens (tertiary/aromatic N) is 2. The van der Waals surface area contributed by atoms with Crippen molar-refractivity contribution in [2.45, 2.75) is 53.6 Å². The van der Waals surface area contributed by atoms with E-state index < -0.39 is 0 Å². The number of hydrogen-bond donors (Lipinski definition) is 2. The van der Waals surface area contributed by atoms with Crippen LogP contribution in [0.15, 0.2) is 29.3 Å². The Hall–Kier alpha value is -0.820. The van der Waals surface area contributed by atoms with Gasteiger partial charge in [0.15, 0.2) is 5.96 Å². The van der Waals surface area contributed by atoms with E-state index in [2.05, 4.69) is 67.5 Å². The SMILES string of the molecule is CCCCNC(=NCc1ccccc1CN(CC)CC)NCC.I. The molecule has 0 aliphatic heterocycles. The average Bonchev–Trinajstić information content (AvgIpc) is 2.58. The second kappa shape index (κ2) is 14.5. The Kier molecular flexibility index (Phi) is 14.0. The molecular formula is C19H35IN4. The van der Waals surface area contributed by atoms with Gasteiger partial charge in [-0.3, -0.25) is 4.90 Å². The molecule has 1 rings (SSSR count). The van der Waals surface area contributed by atoms with Crippen LogP contribution in [0.2, 0.25) is 0 Å². The minimum Gasteiger partial charge on any atom is -0.357 e. The van der Waals surface area contributed by atoms with E-state index in [4.69, 9.17) is 4.99 Å². The standard InChI is InChI=1S/C19H34N4.HI/c1-5-9-14-21-19(20-6-2)22-15-17-12-10-11-13-18(17)16-23(7-3)8-4;/h10-13H,5-9,14-16H2,1-4H3,(H2,20,21,22);1H. The van der Waals surface area contributed by atoms with Crippen molar-refractivity contribution in [3.63, 3.8) is 0 Å².